The van der Waals surface area contributed by atoms with E-state index in [-0.39, 0.29) is 11.9 Å². The van der Waals surface area contributed by atoms with E-state index < -0.39 is 5.54 Å². The SMILES string of the molecule is CCN1C(=O)N(c2cc(C)cc(C#N)c2)C(=O)[C@@]12CCCN(CC1CCOCC1)CC2. The van der Waals surface area contributed by atoms with E-state index in [0.717, 1.165) is 57.7 Å². The number of nitriles is 1. The molecule has 0 N–H and O–H groups in total. The predicted octanol–water partition coefficient (Wildman–Crippen LogP) is 3.31. The van der Waals surface area contributed by atoms with Gasteiger partial charge in [-0.25, -0.2) is 9.69 Å². The molecule has 0 aromatic heterocycles. The fourth-order valence-electron chi connectivity index (χ4n) is 5.47. The van der Waals surface area contributed by atoms with Crippen molar-refractivity contribution in [3.63, 3.8) is 0 Å². The molecule has 3 saturated heterocycles. The lowest BCUT2D eigenvalue weighted by Crippen LogP contribution is -2.50. The van der Waals surface area contributed by atoms with Gasteiger partial charge in [-0.15, -0.1) is 0 Å². The second-order valence-corrected chi connectivity index (χ2v) is 9.08. The van der Waals surface area contributed by atoms with Crippen molar-refractivity contribution in [1.82, 2.24) is 9.80 Å². The van der Waals surface area contributed by atoms with Gasteiger partial charge < -0.3 is 14.5 Å². The third kappa shape index (κ3) is 4.07. The van der Waals surface area contributed by atoms with Gasteiger partial charge >= 0.3 is 6.03 Å². The number of urea groups is 1. The van der Waals surface area contributed by atoms with Gasteiger partial charge in [-0.1, -0.05) is 0 Å². The molecule has 3 heterocycles. The van der Waals surface area contributed by atoms with Crippen LogP contribution in [0.5, 0.6) is 0 Å². The molecule has 1 atom stereocenters. The Bertz CT molecular complexity index is 889. The number of hydrogen-bond acceptors (Lipinski definition) is 5. The van der Waals surface area contributed by atoms with Crippen molar-refractivity contribution in [2.75, 3.05) is 44.3 Å². The molecular weight excluding hydrogens is 392 g/mol. The highest BCUT2D eigenvalue weighted by Crippen LogP contribution is 2.40. The molecule has 0 saturated carbocycles. The summed E-state index contributed by atoms with van der Waals surface area (Å²) >= 11 is 0. The van der Waals surface area contributed by atoms with E-state index in [9.17, 15) is 14.9 Å². The number of aryl methyl sites for hydroxylation is 1. The Morgan fingerprint density at radius 2 is 1.94 bits per heavy atom. The first-order chi connectivity index (χ1) is 15.0. The van der Waals surface area contributed by atoms with E-state index in [1.54, 1.807) is 17.0 Å². The lowest BCUT2D eigenvalue weighted by atomic mass is 9.88. The molecule has 0 aliphatic carbocycles. The summed E-state index contributed by atoms with van der Waals surface area (Å²) in [5.74, 6) is 0.515. The summed E-state index contributed by atoms with van der Waals surface area (Å²) < 4.78 is 5.49. The largest absolute Gasteiger partial charge is 0.381 e. The van der Waals surface area contributed by atoms with Crippen LogP contribution in [-0.2, 0) is 9.53 Å². The standard InChI is InChI=1S/C24H32N4O3/c1-3-27-23(30)28(21-14-18(2)13-20(15-21)16-25)22(29)24(27)7-4-9-26(10-8-24)17-19-5-11-31-12-6-19/h13-15,19H,3-12,17H2,1-2H3/t24-/m0/s1. The van der Waals surface area contributed by atoms with Crippen molar-refractivity contribution in [3.05, 3.63) is 29.3 Å². The number of nitrogens with zero attached hydrogens (tertiary/aromatic N) is 4. The zero-order valence-corrected chi connectivity index (χ0v) is 18.6. The van der Waals surface area contributed by atoms with Crippen LogP contribution in [0.15, 0.2) is 18.2 Å². The summed E-state index contributed by atoms with van der Waals surface area (Å²) in [6, 6.07) is 7.10. The number of amides is 3. The Balaban J connectivity index is 1.57. The first-order valence-corrected chi connectivity index (χ1v) is 11.5. The number of hydrogen-bond donors (Lipinski definition) is 0. The van der Waals surface area contributed by atoms with Crippen LogP contribution in [0.25, 0.3) is 0 Å². The van der Waals surface area contributed by atoms with Crippen molar-refractivity contribution in [1.29, 1.82) is 5.26 Å². The van der Waals surface area contributed by atoms with Gasteiger partial charge in [-0.05, 0) is 82.2 Å². The average molecular weight is 425 g/mol. The maximum Gasteiger partial charge on any atom is 0.332 e. The molecule has 7 heteroatoms. The number of likely N-dealkylation sites (tertiary alicyclic amines) is 1. The Hall–Kier alpha value is -2.43. The van der Waals surface area contributed by atoms with Gasteiger partial charge in [0.15, 0.2) is 0 Å². The zero-order chi connectivity index (χ0) is 22.0. The molecule has 1 spiro atoms. The highest BCUT2D eigenvalue weighted by atomic mass is 16.5. The lowest BCUT2D eigenvalue weighted by Gasteiger charge is -2.34. The number of imide groups is 1. The smallest absolute Gasteiger partial charge is 0.332 e. The van der Waals surface area contributed by atoms with E-state index in [1.165, 1.54) is 4.90 Å². The average Bonchev–Trinajstić information content (AvgIpc) is 2.88. The quantitative estimate of drug-likeness (QED) is 0.693. The Morgan fingerprint density at radius 1 is 1.16 bits per heavy atom. The molecule has 3 amide bonds. The Morgan fingerprint density at radius 3 is 2.65 bits per heavy atom. The molecule has 7 nitrogen and oxygen atoms in total. The van der Waals surface area contributed by atoms with E-state index in [4.69, 9.17) is 4.74 Å². The topological polar surface area (TPSA) is 76.9 Å². The fraction of sp³-hybridized carbons (Fsp3) is 0.625. The minimum absolute atomic E-state index is 0.137. The van der Waals surface area contributed by atoms with Crippen LogP contribution in [0.2, 0.25) is 0 Å². The summed E-state index contributed by atoms with van der Waals surface area (Å²) in [6.07, 6.45) is 4.43. The molecule has 1 aromatic rings. The minimum Gasteiger partial charge on any atom is -0.381 e. The molecular formula is C24H32N4O3. The van der Waals surface area contributed by atoms with Crippen LogP contribution in [0.4, 0.5) is 10.5 Å². The molecule has 0 unspecified atom stereocenters. The van der Waals surface area contributed by atoms with Gasteiger partial charge in [0, 0.05) is 32.8 Å². The first kappa shape index (κ1) is 21.8. The third-order valence-corrected chi connectivity index (χ3v) is 7.07. The van der Waals surface area contributed by atoms with Crippen molar-refractivity contribution >= 4 is 17.6 Å². The third-order valence-electron chi connectivity index (χ3n) is 7.07. The number of likely N-dealkylation sites (N-methyl/N-ethyl adjacent to an activating group) is 1. The van der Waals surface area contributed by atoms with Crippen LogP contribution in [0.3, 0.4) is 0 Å². The highest BCUT2D eigenvalue weighted by Gasteiger charge is 2.57. The maximum absolute atomic E-state index is 13.8. The van der Waals surface area contributed by atoms with Gasteiger partial charge in [0.25, 0.3) is 5.91 Å². The summed E-state index contributed by atoms with van der Waals surface area (Å²) in [4.78, 5) is 32.7. The summed E-state index contributed by atoms with van der Waals surface area (Å²) in [7, 11) is 0. The fourth-order valence-corrected chi connectivity index (χ4v) is 5.47. The minimum atomic E-state index is -0.785. The molecule has 4 rings (SSSR count). The Labute approximate surface area is 184 Å². The molecule has 3 aliphatic rings. The van der Waals surface area contributed by atoms with Crippen LogP contribution >= 0.6 is 0 Å². The zero-order valence-electron chi connectivity index (χ0n) is 18.6. The van der Waals surface area contributed by atoms with Gasteiger partial charge in [0.2, 0.25) is 0 Å². The second kappa shape index (κ2) is 8.97. The Kier molecular flexibility index (Phi) is 6.31. The highest BCUT2D eigenvalue weighted by molar-refractivity contribution is 6.23. The predicted molar refractivity (Wildman–Crippen MR) is 118 cm³/mol. The monoisotopic (exact) mass is 424 g/mol. The number of carbonyl (C=O) groups is 2. The van der Waals surface area contributed by atoms with Gasteiger partial charge in [-0.2, -0.15) is 5.26 Å². The first-order valence-electron chi connectivity index (χ1n) is 11.5. The summed E-state index contributed by atoms with van der Waals surface area (Å²) in [6.45, 7) is 8.82. The van der Waals surface area contributed by atoms with Crippen LogP contribution in [0.1, 0.15) is 50.2 Å². The van der Waals surface area contributed by atoms with E-state index >= 15 is 0 Å². The molecule has 3 fully saturated rings. The van der Waals surface area contributed by atoms with Crippen molar-refractivity contribution in [3.8, 4) is 6.07 Å². The second-order valence-electron chi connectivity index (χ2n) is 9.08. The lowest BCUT2D eigenvalue weighted by molar-refractivity contribution is -0.125. The number of ether oxygens (including phenoxy) is 1. The van der Waals surface area contributed by atoms with Crippen molar-refractivity contribution in [2.24, 2.45) is 5.92 Å². The molecule has 31 heavy (non-hydrogen) atoms. The molecule has 0 radical (unpaired) electrons. The van der Waals surface area contributed by atoms with Gasteiger partial charge in [0.1, 0.15) is 5.54 Å². The van der Waals surface area contributed by atoms with Crippen LogP contribution < -0.4 is 4.90 Å². The van der Waals surface area contributed by atoms with E-state index in [1.807, 2.05) is 19.9 Å². The van der Waals surface area contributed by atoms with Gasteiger partial charge in [-0.3, -0.25) is 4.79 Å². The normalized spacial score (nSPS) is 25.8. The molecule has 1 aromatic carbocycles. The molecule has 3 aliphatic heterocycles. The van der Waals surface area contributed by atoms with E-state index in [0.29, 0.717) is 36.6 Å². The van der Waals surface area contributed by atoms with Crippen LogP contribution in [-0.4, -0.2) is 66.7 Å². The number of rotatable bonds is 4. The molecule has 0 bridgehead atoms. The van der Waals surface area contributed by atoms with Gasteiger partial charge in [0.05, 0.1) is 17.3 Å². The van der Waals surface area contributed by atoms with Crippen LogP contribution in [0, 0.1) is 24.2 Å². The maximum atomic E-state index is 13.8. The summed E-state index contributed by atoms with van der Waals surface area (Å²) in [5.41, 5.74) is 1.04. The van der Waals surface area contributed by atoms with E-state index in [2.05, 4.69) is 11.0 Å². The number of benzene rings is 1. The number of carbonyl (C=O) groups excluding carboxylic acids is 2. The number of anilines is 1. The van der Waals surface area contributed by atoms with Crippen molar-refractivity contribution in [2.45, 2.75) is 51.5 Å². The molecule has 166 valence electrons. The van der Waals surface area contributed by atoms with Crippen molar-refractivity contribution < 1.29 is 14.3 Å². The summed E-state index contributed by atoms with van der Waals surface area (Å²) in [5, 5.41) is 9.34.